The molecule has 82 valence electrons. The Labute approximate surface area is 103 Å². The highest BCUT2D eigenvalue weighted by Gasteiger charge is 2.18. The van der Waals surface area contributed by atoms with Gasteiger partial charge in [-0.25, -0.2) is 0 Å². The summed E-state index contributed by atoms with van der Waals surface area (Å²) in [7, 11) is 0. The number of H-pyrrole nitrogens is 1. The average Bonchev–Trinajstić information content (AvgIpc) is 2.38. The summed E-state index contributed by atoms with van der Waals surface area (Å²) < 4.78 is 6.10. The third-order valence-corrected chi connectivity index (χ3v) is 3.10. The molecule has 4 heteroatoms. The van der Waals surface area contributed by atoms with E-state index in [1.807, 2.05) is 24.3 Å². The number of para-hydroxylation sites is 1. The van der Waals surface area contributed by atoms with Crippen molar-refractivity contribution >= 4 is 12.2 Å². The van der Waals surface area contributed by atoms with Crippen LogP contribution >= 0.6 is 12.2 Å². The quantitative estimate of drug-likeness (QED) is 0.719. The molecule has 0 saturated heterocycles. The van der Waals surface area contributed by atoms with Crippen LogP contribution in [0, 0.1) is 16.0 Å². The van der Waals surface area contributed by atoms with Gasteiger partial charge in [-0.05, 0) is 18.2 Å². The summed E-state index contributed by atoms with van der Waals surface area (Å²) in [6, 6.07) is 11.7. The van der Waals surface area contributed by atoms with Crippen molar-refractivity contribution in [3.05, 3.63) is 46.1 Å². The molecule has 0 unspecified atom stereocenters. The van der Waals surface area contributed by atoms with Gasteiger partial charge in [0, 0.05) is 11.1 Å². The maximum absolute atomic E-state index is 8.94. The number of aromatic amines is 1. The third-order valence-electron chi connectivity index (χ3n) is 2.78. The van der Waals surface area contributed by atoms with Gasteiger partial charge in [-0.2, -0.15) is 5.26 Å². The summed E-state index contributed by atoms with van der Waals surface area (Å²) in [5, 5.41) is 8.94. The highest BCUT2D eigenvalue weighted by molar-refractivity contribution is 7.71. The Bertz CT molecular complexity index is 697. The van der Waals surface area contributed by atoms with Crippen LogP contribution < -0.4 is 4.74 Å². The Balaban J connectivity index is 2.31. The molecule has 1 N–H and O–H groups in total. The minimum absolute atomic E-state index is 0.465. The second-order valence-electron chi connectivity index (χ2n) is 3.81. The van der Waals surface area contributed by atoms with Gasteiger partial charge < -0.3 is 9.72 Å². The van der Waals surface area contributed by atoms with Crippen molar-refractivity contribution < 1.29 is 4.74 Å². The smallest absolute Gasteiger partial charge is 0.129 e. The Kier molecular flexibility index (Phi) is 2.20. The lowest BCUT2D eigenvalue weighted by molar-refractivity contribution is 0.301. The molecule has 3 nitrogen and oxygen atoms in total. The van der Waals surface area contributed by atoms with Crippen LogP contribution in [0.3, 0.4) is 0 Å². The Morgan fingerprint density at radius 3 is 3.00 bits per heavy atom. The number of nitrogens with one attached hydrogen (secondary N) is 1. The largest absolute Gasteiger partial charge is 0.488 e. The van der Waals surface area contributed by atoms with Crippen LogP contribution in [0.4, 0.5) is 0 Å². The van der Waals surface area contributed by atoms with E-state index in [0.717, 1.165) is 22.6 Å². The average molecular weight is 240 g/mol. The molecule has 0 saturated carbocycles. The zero-order valence-corrected chi connectivity index (χ0v) is 9.67. The van der Waals surface area contributed by atoms with E-state index in [2.05, 4.69) is 11.1 Å². The van der Waals surface area contributed by atoms with Crippen LogP contribution in [-0.2, 0) is 6.61 Å². The van der Waals surface area contributed by atoms with E-state index in [-0.39, 0.29) is 0 Å². The zero-order valence-electron chi connectivity index (χ0n) is 8.86. The molecule has 1 aliphatic heterocycles. The molecule has 1 aromatic carbocycles. The molecule has 0 aliphatic carbocycles. The van der Waals surface area contributed by atoms with Crippen molar-refractivity contribution in [2.24, 2.45) is 0 Å². The molecule has 1 aromatic heterocycles. The highest BCUT2D eigenvalue weighted by Crippen LogP contribution is 2.35. The molecule has 0 fully saturated rings. The maximum Gasteiger partial charge on any atom is 0.129 e. The van der Waals surface area contributed by atoms with E-state index < -0.39 is 0 Å². The summed E-state index contributed by atoms with van der Waals surface area (Å²) in [5.74, 6) is 0.843. The number of nitrogens with zero attached hydrogens (tertiary/aromatic N) is 1. The van der Waals surface area contributed by atoms with E-state index in [1.165, 1.54) is 0 Å². The summed E-state index contributed by atoms with van der Waals surface area (Å²) in [6.07, 6.45) is 0. The summed E-state index contributed by atoms with van der Waals surface area (Å²) in [4.78, 5) is 3.12. The number of fused-ring (bicyclic) bond motifs is 3. The number of rotatable bonds is 0. The second-order valence-corrected chi connectivity index (χ2v) is 4.22. The van der Waals surface area contributed by atoms with Crippen LogP contribution in [0.25, 0.3) is 11.3 Å². The molecule has 17 heavy (non-hydrogen) atoms. The van der Waals surface area contributed by atoms with Gasteiger partial charge in [0.15, 0.2) is 0 Å². The zero-order chi connectivity index (χ0) is 11.8. The van der Waals surface area contributed by atoms with E-state index >= 15 is 0 Å². The van der Waals surface area contributed by atoms with Crippen molar-refractivity contribution in [3.8, 4) is 23.1 Å². The molecule has 0 bridgehead atoms. The van der Waals surface area contributed by atoms with Gasteiger partial charge in [-0.15, -0.1) is 0 Å². The Morgan fingerprint density at radius 1 is 1.35 bits per heavy atom. The van der Waals surface area contributed by atoms with Crippen LogP contribution in [0.5, 0.6) is 5.75 Å². The number of hydrogen-bond acceptors (Lipinski definition) is 3. The van der Waals surface area contributed by atoms with Crippen molar-refractivity contribution in [1.82, 2.24) is 4.98 Å². The Morgan fingerprint density at radius 2 is 2.18 bits per heavy atom. The molecule has 0 spiro atoms. The summed E-state index contributed by atoms with van der Waals surface area (Å²) in [5.41, 5.74) is 3.40. The first-order valence-corrected chi connectivity index (χ1v) is 5.59. The summed E-state index contributed by atoms with van der Waals surface area (Å²) >= 11 is 5.15. The molecule has 3 rings (SSSR count). The van der Waals surface area contributed by atoms with Gasteiger partial charge in [0.25, 0.3) is 0 Å². The van der Waals surface area contributed by atoms with Crippen molar-refractivity contribution in [3.63, 3.8) is 0 Å². The van der Waals surface area contributed by atoms with E-state index in [0.29, 0.717) is 16.8 Å². The van der Waals surface area contributed by atoms with E-state index in [9.17, 15) is 0 Å². The Hall–Kier alpha value is -2.12. The molecule has 0 atom stereocenters. The number of hydrogen-bond donors (Lipinski definition) is 1. The maximum atomic E-state index is 8.94. The fourth-order valence-corrected chi connectivity index (χ4v) is 2.17. The third kappa shape index (κ3) is 1.52. The van der Waals surface area contributed by atoms with Crippen molar-refractivity contribution in [2.45, 2.75) is 6.61 Å². The fourth-order valence-electron chi connectivity index (χ4n) is 1.96. The lowest BCUT2D eigenvalue weighted by atomic mass is 10.0. The van der Waals surface area contributed by atoms with Gasteiger partial charge in [0.05, 0.1) is 11.3 Å². The van der Waals surface area contributed by atoms with Gasteiger partial charge >= 0.3 is 0 Å². The van der Waals surface area contributed by atoms with Gasteiger partial charge in [0.1, 0.15) is 23.1 Å². The van der Waals surface area contributed by atoms with Gasteiger partial charge in [0.2, 0.25) is 0 Å². The summed E-state index contributed by atoms with van der Waals surface area (Å²) in [6.45, 7) is 0.465. The number of aromatic nitrogens is 1. The van der Waals surface area contributed by atoms with Crippen LogP contribution in [-0.4, -0.2) is 4.98 Å². The minimum Gasteiger partial charge on any atom is -0.488 e. The second kappa shape index (κ2) is 3.72. The first-order valence-electron chi connectivity index (χ1n) is 5.18. The lowest BCUT2D eigenvalue weighted by Gasteiger charge is -2.20. The first-order chi connectivity index (χ1) is 8.29. The molecule has 2 aromatic rings. The molecule has 0 amide bonds. The van der Waals surface area contributed by atoms with Crippen LogP contribution in [0.2, 0.25) is 0 Å². The van der Waals surface area contributed by atoms with Crippen molar-refractivity contribution in [2.75, 3.05) is 0 Å². The fraction of sp³-hybridized carbons (Fsp3) is 0.0769. The van der Waals surface area contributed by atoms with Gasteiger partial charge in [-0.1, -0.05) is 24.4 Å². The molecule has 2 heterocycles. The SMILES string of the molecule is N#Cc1cc2c([nH]c1=S)-c1ccccc1OC2. The van der Waals surface area contributed by atoms with E-state index in [1.54, 1.807) is 6.07 Å². The number of benzene rings is 1. The normalized spacial score (nSPS) is 11.9. The predicted octanol–water partition coefficient (Wildman–Crippen LogP) is 3.18. The number of ether oxygens (including phenoxy) is 1. The van der Waals surface area contributed by atoms with Crippen LogP contribution in [0.15, 0.2) is 30.3 Å². The highest BCUT2D eigenvalue weighted by atomic mass is 32.1. The number of pyridine rings is 1. The standard InChI is InChI=1S/C13H8N2OS/c14-6-8-5-9-7-16-11-4-2-1-3-10(11)12(9)15-13(8)17/h1-5H,7H2,(H,15,17). The molecular formula is C13H8N2OS. The van der Waals surface area contributed by atoms with Gasteiger partial charge in [-0.3, -0.25) is 0 Å². The molecule has 1 aliphatic rings. The lowest BCUT2D eigenvalue weighted by Crippen LogP contribution is -2.07. The monoisotopic (exact) mass is 240 g/mol. The predicted molar refractivity (Wildman–Crippen MR) is 66.1 cm³/mol. The van der Waals surface area contributed by atoms with E-state index in [4.69, 9.17) is 22.2 Å². The molecular weight excluding hydrogens is 232 g/mol. The molecule has 0 radical (unpaired) electrons. The number of nitriles is 1. The topological polar surface area (TPSA) is 48.8 Å². The van der Waals surface area contributed by atoms with Crippen LogP contribution in [0.1, 0.15) is 11.1 Å². The van der Waals surface area contributed by atoms with Crippen molar-refractivity contribution in [1.29, 1.82) is 5.26 Å². The first kappa shape index (κ1) is 10.1. The minimum atomic E-state index is 0.465.